The maximum atomic E-state index is 12.8. The van der Waals surface area contributed by atoms with Crippen LogP contribution in [0.4, 0.5) is 5.69 Å². The number of hydrogen-bond acceptors (Lipinski definition) is 7. The van der Waals surface area contributed by atoms with E-state index in [4.69, 9.17) is 14.5 Å². The highest BCUT2D eigenvalue weighted by Crippen LogP contribution is 2.36. The van der Waals surface area contributed by atoms with Gasteiger partial charge in [-0.2, -0.15) is 0 Å². The molecule has 0 saturated heterocycles. The quantitative estimate of drug-likeness (QED) is 0.479. The number of carbonyl (C=O) groups excluding carboxylic acids is 2. The van der Waals surface area contributed by atoms with Crippen LogP contribution >= 0.6 is 11.3 Å². The topological polar surface area (TPSA) is 80.8 Å². The molecule has 0 unspecified atom stereocenters. The van der Waals surface area contributed by atoms with Gasteiger partial charge in [0.15, 0.2) is 0 Å². The van der Waals surface area contributed by atoms with Gasteiger partial charge < -0.3 is 14.8 Å². The second-order valence-corrected chi connectivity index (χ2v) is 8.83. The highest BCUT2D eigenvalue weighted by Gasteiger charge is 2.23. The molecule has 2 heterocycles. The Morgan fingerprint density at radius 3 is 2.47 bits per heavy atom. The summed E-state index contributed by atoms with van der Waals surface area (Å²) in [5.41, 5.74) is 2.90. The molecule has 1 aromatic carbocycles. The number of aryl methyl sites for hydroxylation is 1. The molecule has 0 spiro atoms. The van der Waals surface area contributed by atoms with Crippen LogP contribution < -0.4 is 5.32 Å². The molecule has 7 nitrogen and oxygen atoms in total. The molecule has 170 valence electrons. The minimum absolute atomic E-state index is 0.288. The Labute approximate surface area is 192 Å². The van der Waals surface area contributed by atoms with Crippen molar-refractivity contribution < 1.29 is 19.1 Å². The summed E-state index contributed by atoms with van der Waals surface area (Å²) < 4.78 is 10.2. The maximum Gasteiger partial charge on any atom is 0.350 e. The number of pyridine rings is 1. The molecule has 0 saturated carbocycles. The number of nitrogens with zero attached hydrogens (tertiary/aromatic N) is 2. The Morgan fingerprint density at radius 2 is 1.84 bits per heavy atom. The fourth-order valence-electron chi connectivity index (χ4n) is 3.29. The Kier molecular flexibility index (Phi) is 7.95. The van der Waals surface area contributed by atoms with Crippen molar-refractivity contribution in [3.8, 4) is 0 Å². The molecule has 0 radical (unpaired) electrons. The summed E-state index contributed by atoms with van der Waals surface area (Å²) in [6.45, 7) is 8.32. The van der Waals surface area contributed by atoms with E-state index < -0.39 is 5.97 Å². The van der Waals surface area contributed by atoms with E-state index in [1.54, 1.807) is 19.2 Å². The first-order valence-corrected chi connectivity index (χ1v) is 11.3. The van der Waals surface area contributed by atoms with Gasteiger partial charge in [-0.25, -0.2) is 9.78 Å². The lowest BCUT2D eigenvalue weighted by molar-refractivity contribution is 0.0607. The van der Waals surface area contributed by atoms with Crippen LogP contribution in [0.2, 0.25) is 0 Å². The predicted octanol–water partition coefficient (Wildman–Crippen LogP) is 4.50. The lowest BCUT2D eigenvalue weighted by Gasteiger charge is -2.25. The summed E-state index contributed by atoms with van der Waals surface area (Å²) in [6, 6.07) is 11.4. The highest BCUT2D eigenvalue weighted by atomic mass is 32.1. The Bertz CT molecular complexity index is 1090. The summed E-state index contributed by atoms with van der Waals surface area (Å²) in [5.74, 6) is -0.790. The van der Waals surface area contributed by atoms with Gasteiger partial charge in [0.2, 0.25) is 0 Å². The molecule has 0 atom stereocenters. The van der Waals surface area contributed by atoms with Crippen LogP contribution in [0, 0.1) is 6.92 Å². The van der Waals surface area contributed by atoms with E-state index in [2.05, 4.69) is 24.1 Å². The van der Waals surface area contributed by atoms with Crippen molar-refractivity contribution in [3.05, 3.63) is 58.1 Å². The van der Waals surface area contributed by atoms with Crippen molar-refractivity contribution in [2.24, 2.45) is 0 Å². The van der Waals surface area contributed by atoms with Gasteiger partial charge in [0.1, 0.15) is 9.71 Å². The predicted molar refractivity (Wildman–Crippen MR) is 128 cm³/mol. The number of anilines is 1. The fourth-order valence-corrected chi connectivity index (χ4v) is 4.36. The SMILES string of the molecule is COCCN(Cc1ccc2c(NC(=O)c3ccc(C)cc3)c(C(=O)OC)sc2n1)C(C)C. The third-order valence-electron chi connectivity index (χ3n) is 5.21. The molecule has 0 fully saturated rings. The number of fused-ring (bicyclic) bond motifs is 1. The zero-order valence-corrected chi connectivity index (χ0v) is 19.9. The standard InChI is InChI=1S/C24H29N3O4S/c1-15(2)27(12-13-30-4)14-18-10-11-19-20(21(24(29)31-5)32-23(19)25-18)26-22(28)17-8-6-16(3)7-9-17/h6-11,15H,12-14H2,1-5H3,(H,26,28). The lowest BCUT2D eigenvalue weighted by Crippen LogP contribution is -2.33. The molecule has 8 heteroatoms. The van der Waals surface area contributed by atoms with Crippen LogP contribution in [0.25, 0.3) is 10.2 Å². The largest absolute Gasteiger partial charge is 0.465 e. The van der Waals surface area contributed by atoms with Crippen LogP contribution in [-0.4, -0.2) is 55.2 Å². The van der Waals surface area contributed by atoms with E-state index in [-0.39, 0.29) is 5.91 Å². The third kappa shape index (κ3) is 5.51. The maximum absolute atomic E-state index is 12.8. The zero-order valence-electron chi connectivity index (χ0n) is 19.1. The summed E-state index contributed by atoms with van der Waals surface area (Å²) >= 11 is 1.22. The molecule has 0 bridgehead atoms. The normalized spacial score (nSPS) is 11.3. The fraction of sp³-hybridized carbons (Fsp3) is 0.375. The van der Waals surface area contributed by atoms with E-state index in [9.17, 15) is 9.59 Å². The Hall–Kier alpha value is -2.81. The Morgan fingerprint density at radius 1 is 1.12 bits per heavy atom. The molecular weight excluding hydrogens is 426 g/mol. The van der Waals surface area contributed by atoms with Crippen molar-refractivity contribution in [1.29, 1.82) is 0 Å². The van der Waals surface area contributed by atoms with Gasteiger partial charge in [-0.1, -0.05) is 17.7 Å². The minimum Gasteiger partial charge on any atom is -0.465 e. The second kappa shape index (κ2) is 10.7. The van der Waals surface area contributed by atoms with Crippen molar-refractivity contribution in [2.75, 3.05) is 32.7 Å². The van der Waals surface area contributed by atoms with E-state index in [0.29, 0.717) is 45.5 Å². The molecule has 1 amide bonds. The van der Waals surface area contributed by atoms with Crippen LogP contribution in [0.5, 0.6) is 0 Å². The number of hydrogen-bond donors (Lipinski definition) is 1. The van der Waals surface area contributed by atoms with Gasteiger partial charge in [0.25, 0.3) is 5.91 Å². The van der Waals surface area contributed by atoms with Crippen molar-refractivity contribution in [1.82, 2.24) is 9.88 Å². The van der Waals surface area contributed by atoms with E-state index in [1.165, 1.54) is 18.4 Å². The van der Waals surface area contributed by atoms with Crippen LogP contribution in [0.1, 0.15) is 45.1 Å². The van der Waals surface area contributed by atoms with Crippen LogP contribution in [0.3, 0.4) is 0 Å². The average Bonchev–Trinajstić information content (AvgIpc) is 3.13. The average molecular weight is 456 g/mol. The number of aromatic nitrogens is 1. The highest BCUT2D eigenvalue weighted by molar-refractivity contribution is 7.21. The molecule has 0 aliphatic carbocycles. The van der Waals surface area contributed by atoms with E-state index in [0.717, 1.165) is 17.8 Å². The Balaban J connectivity index is 1.94. The molecule has 0 aliphatic rings. The smallest absolute Gasteiger partial charge is 0.350 e. The van der Waals surface area contributed by atoms with Gasteiger partial charge in [0.05, 0.1) is 25.1 Å². The summed E-state index contributed by atoms with van der Waals surface area (Å²) in [4.78, 5) is 33.3. The number of nitrogens with one attached hydrogen (secondary N) is 1. The lowest BCUT2D eigenvalue weighted by atomic mass is 10.1. The van der Waals surface area contributed by atoms with E-state index >= 15 is 0 Å². The van der Waals surface area contributed by atoms with Crippen molar-refractivity contribution in [3.63, 3.8) is 0 Å². The number of rotatable bonds is 9. The van der Waals surface area contributed by atoms with Crippen molar-refractivity contribution >= 4 is 39.1 Å². The third-order valence-corrected chi connectivity index (χ3v) is 6.29. The van der Waals surface area contributed by atoms with Gasteiger partial charge in [0, 0.05) is 37.2 Å². The van der Waals surface area contributed by atoms with Gasteiger partial charge in [-0.05, 0) is 45.0 Å². The second-order valence-electron chi connectivity index (χ2n) is 7.83. The summed E-state index contributed by atoms with van der Waals surface area (Å²) in [6.07, 6.45) is 0. The van der Waals surface area contributed by atoms with Gasteiger partial charge in [-0.3, -0.25) is 9.69 Å². The first-order valence-electron chi connectivity index (χ1n) is 10.5. The van der Waals surface area contributed by atoms with Crippen LogP contribution in [0.15, 0.2) is 36.4 Å². The number of methoxy groups -OCH3 is 2. The zero-order chi connectivity index (χ0) is 23.3. The first kappa shape index (κ1) is 23.8. The molecule has 3 aromatic rings. The number of benzene rings is 1. The molecule has 0 aliphatic heterocycles. The first-order chi connectivity index (χ1) is 15.3. The summed E-state index contributed by atoms with van der Waals surface area (Å²) in [5, 5.41) is 3.61. The summed E-state index contributed by atoms with van der Waals surface area (Å²) in [7, 11) is 3.02. The van der Waals surface area contributed by atoms with Crippen LogP contribution in [-0.2, 0) is 16.0 Å². The van der Waals surface area contributed by atoms with Gasteiger partial charge in [-0.15, -0.1) is 11.3 Å². The number of thiophene rings is 1. The molecule has 3 rings (SSSR count). The van der Waals surface area contributed by atoms with Gasteiger partial charge >= 0.3 is 5.97 Å². The number of carbonyl (C=O) groups is 2. The number of esters is 1. The molecule has 32 heavy (non-hydrogen) atoms. The molecule has 1 N–H and O–H groups in total. The molecule has 2 aromatic heterocycles. The molecular formula is C24H29N3O4S. The number of amides is 1. The van der Waals surface area contributed by atoms with Crippen molar-refractivity contribution in [2.45, 2.75) is 33.4 Å². The van der Waals surface area contributed by atoms with E-state index in [1.807, 2.05) is 31.2 Å². The monoisotopic (exact) mass is 455 g/mol. The number of ether oxygens (including phenoxy) is 2. The minimum atomic E-state index is -0.502.